The first kappa shape index (κ1) is 15.2. The minimum atomic E-state index is -0.0858. The number of hydrogen-bond donors (Lipinski definition) is 0. The summed E-state index contributed by atoms with van der Waals surface area (Å²) >= 11 is 8.45. The van der Waals surface area contributed by atoms with E-state index < -0.39 is 0 Å². The van der Waals surface area contributed by atoms with Crippen LogP contribution in [-0.2, 0) is 0 Å². The van der Waals surface area contributed by atoms with E-state index >= 15 is 0 Å². The maximum absolute atomic E-state index is 6.38. The minimum Gasteiger partial charge on any atom is -0.308 e. The summed E-state index contributed by atoms with van der Waals surface area (Å²) in [6.45, 7) is 6.27. The van der Waals surface area contributed by atoms with E-state index in [1.165, 1.54) is 25.0 Å². The molecule has 0 amide bonds. The number of fused-ring (bicyclic) bond motifs is 1. The topological polar surface area (TPSA) is 30.7 Å². The lowest BCUT2D eigenvalue weighted by Gasteiger charge is -2.17. The van der Waals surface area contributed by atoms with Gasteiger partial charge in [-0.1, -0.05) is 6.92 Å². The van der Waals surface area contributed by atoms with Crippen molar-refractivity contribution < 1.29 is 0 Å². The van der Waals surface area contributed by atoms with Crippen LogP contribution in [0.25, 0.3) is 11.2 Å². The van der Waals surface area contributed by atoms with Gasteiger partial charge in [0.25, 0.3) is 0 Å². The van der Waals surface area contributed by atoms with E-state index in [0.717, 1.165) is 27.9 Å². The predicted octanol–water partition coefficient (Wildman–Crippen LogP) is 4.89. The van der Waals surface area contributed by atoms with Crippen molar-refractivity contribution in [1.29, 1.82) is 0 Å². The third-order valence-corrected chi connectivity index (χ3v) is 5.61. The first-order chi connectivity index (χ1) is 10.1. The van der Waals surface area contributed by atoms with Crippen molar-refractivity contribution in [1.82, 2.24) is 14.5 Å². The van der Waals surface area contributed by atoms with E-state index in [1.807, 2.05) is 19.9 Å². The van der Waals surface area contributed by atoms with Crippen LogP contribution in [0.1, 0.15) is 56.0 Å². The number of aryl methyl sites for hydroxylation is 1. The van der Waals surface area contributed by atoms with Gasteiger partial charge in [-0.15, -0.1) is 11.6 Å². The molecule has 0 spiro atoms. The Morgan fingerprint density at radius 2 is 2.19 bits per heavy atom. The Hall–Kier alpha value is -0.740. The fourth-order valence-electron chi connectivity index (χ4n) is 3.27. The van der Waals surface area contributed by atoms with Gasteiger partial charge in [-0.3, -0.25) is 0 Å². The second-order valence-electron chi connectivity index (χ2n) is 5.80. The average molecular weight is 324 g/mol. The van der Waals surface area contributed by atoms with E-state index in [4.69, 9.17) is 21.6 Å². The summed E-state index contributed by atoms with van der Waals surface area (Å²) in [5.41, 5.74) is 3.01. The number of halogens is 1. The molecule has 5 heteroatoms. The summed E-state index contributed by atoms with van der Waals surface area (Å²) in [7, 11) is 0. The molecular formula is C16H22ClN3S. The number of hydrogen-bond acceptors (Lipinski definition) is 3. The van der Waals surface area contributed by atoms with Crippen LogP contribution in [0.3, 0.4) is 0 Å². The van der Waals surface area contributed by atoms with Crippen LogP contribution in [0.15, 0.2) is 12.1 Å². The molecule has 3 rings (SSSR count). The minimum absolute atomic E-state index is 0.0858. The average Bonchev–Trinajstić information content (AvgIpc) is 3.02. The number of nitrogens with zero attached hydrogens (tertiary/aromatic N) is 3. The molecular weight excluding hydrogens is 302 g/mol. The maximum Gasteiger partial charge on any atom is 0.160 e. The summed E-state index contributed by atoms with van der Waals surface area (Å²) < 4.78 is 2.32. The normalized spacial score (nSPS) is 23.8. The Kier molecular flexibility index (Phi) is 4.46. The van der Waals surface area contributed by atoms with Crippen LogP contribution in [0.5, 0.6) is 0 Å². The van der Waals surface area contributed by atoms with Crippen LogP contribution in [-0.4, -0.2) is 25.5 Å². The Morgan fingerprint density at radius 3 is 2.90 bits per heavy atom. The summed E-state index contributed by atoms with van der Waals surface area (Å²) in [5, 5.41) is 0.679. The number of imidazole rings is 1. The highest BCUT2D eigenvalue weighted by Crippen LogP contribution is 2.40. The fraction of sp³-hybridized carbons (Fsp3) is 0.625. The van der Waals surface area contributed by atoms with Crippen LogP contribution in [0.2, 0.25) is 0 Å². The molecule has 0 aliphatic heterocycles. The van der Waals surface area contributed by atoms with E-state index in [-0.39, 0.29) is 5.38 Å². The zero-order valence-electron chi connectivity index (χ0n) is 12.8. The second kappa shape index (κ2) is 6.17. The Bertz CT molecular complexity index is 638. The molecule has 2 aromatic rings. The van der Waals surface area contributed by atoms with Gasteiger partial charge in [-0.25, -0.2) is 9.97 Å². The molecule has 21 heavy (non-hydrogen) atoms. The molecule has 1 fully saturated rings. The maximum atomic E-state index is 6.38. The lowest BCUT2D eigenvalue weighted by atomic mass is 10.2. The van der Waals surface area contributed by atoms with Crippen molar-refractivity contribution in [2.45, 2.75) is 56.7 Å². The predicted molar refractivity (Wildman–Crippen MR) is 91.3 cm³/mol. The van der Waals surface area contributed by atoms with Gasteiger partial charge < -0.3 is 4.57 Å². The van der Waals surface area contributed by atoms with Crippen LogP contribution < -0.4 is 0 Å². The molecule has 0 radical (unpaired) electrons. The van der Waals surface area contributed by atoms with E-state index in [0.29, 0.717) is 6.04 Å². The summed E-state index contributed by atoms with van der Waals surface area (Å²) in [6.07, 6.45) is 3.69. The summed E-state index contributed by atoms with van der Waals surface area (Å²) in [5.74, 6) is 2.16. The van der Waals surface area contributed by atoms with Gasteiger partial charge in [0.05, 0.1) is 5.38 Å². The van der Waals surface area contributed by atoms with E-state index in [9.17, 15) is 0 Å². The molecule has 2 heterocycles. The smallest absolute Gasteiger partial charge is 0.160 e. The van der Waals surface area contributed by atoms with Crippen molar-refractivity contribution in [3.05, 3.63) is 23.7 Å². The second-order valence-corrected chi connectivity index (χ2v) is 8.03. The van der Waals surface area contributed by atoms with Crippen molar-refractivity contribution >= 4 is 34.5 Å². The van der Waals surface area contributed by atoms with Gasteiger partial charge in [0.1, 0.15) is 11.3 Å². The lowest BCUT2D eigenvalue weighted by molar-refractivity contribution is 0.508. The highest BCUT2D eigenvalue weighted by atomic mass is 35.5. The number of thioether (sulfide) groups is 1. The van der Waals surface area contributed by atoms with Crippen molar-refractivity contribution in [2.75, 3.05) is 5.75 Å². The first-order valence-electron chi connectivity index (χ1n) is 7.71. The first-order valence-corrected chi connectivity index (χ1v) is 9.19. The van der Waals surface area contributed by atoms with Crippen molar-refractivity contribution in [2.24, 2.45) is 0 Å². The number of pyridine rings is 1. The van der Waals surface area contributed by atoms with Gasteiger partial charge in [0.2, 0.25) is 0 Å². The molecule has 3 atom stereocenters. The Labute approximate surface area is 135 Å². The molecule has 0 bridgehead atoms. The molecule has 0 aromatic carbocycles. The SMILES string of the molecule is CCSC1CCC(n2c(C(C)Cl)nc3ccc(C)nc32)C1. The van der Waals surface area contributed by atoms with Gasteiger partial charge in [0.15, 0.2) is 5.65 Å². The lowest BCUT2D eigenvalue weighted by Crippen LogP contribution is -2.11. The van der Waals surface area contributed by atoms with Crippen molar-refractivity contribution in [3.8, 4) is 0 Å². The molecule has 0 saturated heterocycles. The third-order valence-electron chi connectivity index (χ3n) is 4.18. The zero-order valence-corrected chi connectivity index (χ0v) is 14.4. The molecule has 0 N–H and O–H groups in total. The quantitative estimate of drug-likeness (QED) is 0.751. The molecule has 1 aliphatic carbocycles. The molecule has 1 aliphatic rings. The fourth-order valence-corrected chi connectivity index (χ4v) is 4.55. The number of rotatable bonds is 4. The van der Waals surface area contributed by atoms with E-state index in [2.05, 4.69) is 29.3 Å². The van der Waals surface area contributed by atoms with E-state index in [1.54, 1.807) is 0 Å². The molecule has 114 valence electrons. The summed E-state index contributed by atoms with van der Waals surface area (Å²) in [6, 6.07) is 4.57. The third kappa shape index (κ3) is 2.93. The Balaban J connectivity index is 2.03. The Morgan fingerprint density at radius 1 is 1.38 bits per heavy atom. The zero-order chi connectivity index (χ0) is 15.0. The highest BCUT2D eigenvalue weighted by Gasteiger charge is 2.30. The molecule has 3 nitrogen and oxygen atoms in total. The monoisotopic (exact) mass is 323 g/mol. The highest BCUT2D eigenvalue weighted by molar-refractivity contribution is 7.99. The van der Waals surface area contributed by atoms with Crippen LogP contribution >= 0.6 is 23.4 Å². The van der Waals surface area contributed by atoms with Gasteiger partial charge in [0, 0.05) is 17.0 Å². The summed E-state index contributed by atoms with van der Waals surface area (Å²) in [4.78, 5) is 9.46. The number of alkyl halides is 1. The molecule has 2 aromatic heterocycles. The van der Waals surface area contributed by atoms with Crippen LogP contribution in [0, 0.1) is 6.92 Å². The molecule has 3 unspecified atom stereocenters. The molecule has 1 saturated carbocycles. The van der Waals surface area contributed by atoms with Gasteiger partial charge in [-0.05, 0) is 51.0 Å². The van der Waals surface area contributed by atoms with Crippen LogP contribution in [0.4, 0.5) is 0 Å². The van der Waals surface area contributed by atoms with Gasteiger partial charge >= 0.3 is 0 Å². The largest absolute Gasteiger partial charge is 0.308 e. The van der Waals surface area contributed by atoms with Crippen molar-refractivity contribution in [3.63, 3.8) is 0 Å². The standard InChI is InChI=1S/C16H22ClN3S/c1-4-21-13-7-6-12(9-13)20-15(11(3)17)19-14-8-5-10(2)18-16(14)20/h5,8,11-13H,4,6-7,9H2,1-3H3. The van der Waals surface area contributed by atoms with Gasteiger partial charge in [-0.2, -0.15) is 11.8 Å². The number of aromatic nitrogens is 3.